The molecule has 0 heterocycles. The summed E-state index contributed by atoms with van der Waals surface area (Å²) in [4.78, 5) is 23.4. The lowest BCUT2D eigenvalue weighted by atomic mass is 9.87. The van der Waals surface area contributed by atoms with Gasteiger partial charge in [-0.25, -0.2) is 0 Å². The van der Waals surface area contributed by atoms with Gasteiger partial charge in [0.25, 0.3) is 0 Å². The lowest BCUT2D eigenvalue weighted by molar-refractivity contribution is -0.158. The van der Waals surface area contributed by atoms with E-state index in [9.17, 15) is 14.7 Å². The Labute approximate surface area is 169 Å². The minimum atomic E-state index is -0.221. The van der Waals surface area contributed by atoms with Crippen LogP contribution in [0.25, 0.3) is 0 Å². The van der Waals surface area contributed by atoms with Crippen LogP contribution in [0.3, 0.4) is 0 Å². The highest BCUT2D eigenvalue weighted by Crippen LogP contribution is 2.29. The van der Waals surface area contributed by atoms with Gasteiger partial charge in [0.05, 0.1) is 24.7 Å². The Balaban J connectivity index is 1.46. The van der Waals surface area contributed by atoms with Crippen molar-refractivity contribution in [1.82, 2.24) is 0 Å². The molecule has 0 saturated heterocycles. The number of hydrogen-bond donors (Lipinski definition) is 1. The molecule has 1 N–H and O–H groups in total. The molecule has 28 heavy (non-hydrogen) atoms. The van der Waals surface area contributed by atoms with Crippen molar-refractivity contribution >= 4 is 11.9 Å². The third-order valence-corrected chi connectivity index (χ3v) is 5.88. The van der Waals surface area contributed by atoms with Crippen molar-refractivity contribution < 1.29 is 28.9 Å². The summed E-state index contributed by atoms with van der Waals surface area (Å²) in [6, 6.07) is 0. The molecule has 2 rings (SSSR count). The van der Waals surface area contributed by atoms with E-state index in [0.717, 1.165) is 83.7 Å². The molecule has 0 atom stereocenters. The second-order valence-corrected chi connectivity index (χ2v) is 8.20. The van der Waals surface area contributed by atoms with E-state index >= 15 is 0 Å². The number of ether oxygens (including phenoxy) is 3. The molecule has 0 aromatic heterocycles. The zero-order valence-electron chi connectivity index (χ0n) is 17.4. The second-order valence-electron chi connectivity index (χ2n) is 8.20. The molecule has 162 valence electrons. The maximum Gasteiger partial charge on any atom is 0.309 e. The predicted molar refractivity (Wildman–Crippen MR) is 106 cm³/mol. The summed E-state index contributed by atoms with van der Waals surface area (Å²) in [6.07, 6.45) is 11.2. The van der Waals surface area contributed by atoms with Gasteiger partial charge < -0.3 is 19.3 Å². The van der Waals surface area contributed by atoms with Crippen LogP contribution in [-0.2, 0) is 23.8 Å². The molecule has 6 nitrogen and oxygen atoms in total. The standard InChI is InChI=1S/C22H38O6/c1-2-21(24)27-16-6-4-3-5-15-26-19-11-7-17(8-12-19)22(25)28-20-13-9-18(23)10-14-20/h17-20,23H,2-16H2,1H3. The molecule has 0 amide bonds. The molecule has 0 bridgehead atoms. The van der Waals surface area contributed by atoms with Crippen LogP contribution in [0.5, 0.6) is 0 Å². The third kappa shape index (κ3) is 8.91. The van der Waals surface area contributed by atoms with Crippen molar-refractivity contribution in [3.63, 3.8) is 0 Å². The van der Waals surface area contributed by atoms with Crippen molar-refractivity contribution in [3.8, 4) is 0 Å². The number of aliphatic hydroxyl groups is 1. The van der Waals surface area contributed by atoms with E-state index in [0.29, 0.717) is 13.0 Å². The highest BCUT2D eigenvalue weighted by molar-refractivity contribution is 5.72. The minimum absolute atomic E-state index is 0.00429. The third-order valence-electron chi connectivity index (χ3n) is 5.88. The first kappa shape index (κ1) is 23.1. The fourth-order valence-electron chi connectivity index (χ4n) is 3.98. The normalized spacial score (nSPS) is 27.9. The Hall–Kier alpha value is -1.14. The highest BCUT2D eigenvalue weighted by Gasteiger charge is 2.30. The SMILES string of the molecule is CCC(=O)OCCCCCCOC1CCC(C(=O)OC2CCC(O)CC2)CC1. The molecule has 0 aliphatic heterocycles. The molecule has 0 aromatic rings. The van der Waals surface area contributed by atoms with Gasteiger partial charge in [-0.1, -0.05) is 13.3 Å². The van der Waals surface area contributed by atoms with Crippen LogP contribution >= 0.6 is 0 Å². The second kappa shape index (κ2) is 13.2. The van der Waals surface area contributed by atoms with Gasteiger partial charge in [0.15, 0.2) is 0 Å². The van der Waals surface area contributed by atoms with E-state index in [1.807, 2.05) is 0 Å². The molecule has 0 aromatic carbocycles. The number of aliphatic hydroxyl groups excluding tert-OH is 1. The fourth-order valence-corrected chi connectivity index (χ4v) is 3.98. The van der Waals surface area contributed by atoms with E-state index in [4.69, 9.17) is 14.2 Å². The molecule has 2 aliphatic carbocycles. The Morgan fingerprint density at radius 2 is 1.43 bits per heavy atom. The van der Waals surface area contributed by atoms with Gasteiger partial charge in [0.2, 0.25) is 0 Å². The Morgan fingerprint density at radius 1 is 0.821 bits per heavy atom. The first-order valence-corrected chi connectivity index (χ1v) is 11.2. The van der Waals surface area contributed by atoms with Crippen LogP contribution in [0.1, 0.15) is 90.4 Å². The van der Waals surface area contributed by atoms with Crippen LogP contribution in [0.4, 0.5) is 0 Å². The average molecular weight is 399 g/mol. The van der Waals surface area contributed by atoms with Crippen molar-refractivity contribution in [2.24, 2.45) is 5.92 Å². The van der Waals surface area contributed by atoms with Gasteiger partial charge in [0, 0.05) is 13.0 Å². The minimum Gasteiger partial charge on any atom is -0.466 e. The van der Waals surface area contributed by atoms with Crippen molar-refractivity contribution in [1.29, 1.82) is 0 Å². The highest BCUT2D eigenvalue weighted by atomic mass is 16.5. The van der Waals surface area contributed by atoms with Gasteiger partial charge in [-0.15, -0.1) is 0 Å². The Bertz CT molecular complexity index is 450. The van der Waals surface area contributed by atoms with Gasteiger partial charge in [0.1, 0.15) is 6.10 Å². The van der Waals surface area contributed by atoms with E-state index in [1.165, 1.54) is 0 Å². The summed E-state index contributed by atoms with van der Waals surface area (Å²) in [6.45, 7) is 3.09. The molecule has 6 heteroatoms. The summed E-state index contributed by atoms with van der Waals surface area (Å²) < 4.78 is 16.7. The van der Waals surface area contributed by atoms with Crippen LogP contribution in [0.15, 0.2) is 0 Å². The molecular formula is C22H38O6. The molecule has 0 radical (unpaired) electrons. The van der Waals surface area contributed by atoms with Crippen LogP contribution in [0, 0.1) is 5.92 Å². The average Bonchev–Trinajstić information content (AvgIpc) is 2.71. The molecule has 2 saturated carbocycles. The zero-order chi connectivity index (χ0) is 20.2. The molecule has 2 fully saturated rings. The monoisotopic (exact) mass is 398 g/mol. The number of unbranched alkanes of at least 4 members (excludes halogenated alkanes) is 3. The first-order chi connectivity index (χ1) is 13.6. The zero-order valence-corrected chi connectivity index (χ0v) is 17.4. The van der Waals surface area contributed by atoms with Crippen molar-refractivity contribution in [2.75, 3.05) is 13.2 Å². The van der Waals surface area contributed by atoms with Crippen LogP contribution in [0.2, 0.25) is 0 Å². The van der Waals surface area contributed by atoms with Gasteiger partial charge in [-0.3, -0.25) is 9.59 Å². The Morgan fingerprint density at radius 3 is 2.07 bits per heavy atom. The molecule has 0 unspecified atom stereocenters. The maximum atomic E-state index is 12.3. The number of esters is 2. The molecule has 2 aliphatic rings. The summed E-state index contributed by atoms with van der Waals surface area (Å²) in [5.74, 6) is -0.165. The topological polar surface area (TPSA) is 82.1 Å². The van der Waals surface area contributed by atoms with Gasteiger partial charge in [-0.2, -0.15) is 0 Å². The fraction of sp³-hybridized carbons (Fsp3) is 0.909. The van der Waals surface area contributed by atoms with Crippen LogP contribution < -0.4 is 0 Å². The smallest absolute Gasteiger partial charge is 0.309 e. The van der Waals surface area contributed by atoms with E-state index < -0.39 is 0 Å². The largest absolute Gasteiger partial charge is 0.466 e. The van der Waals surface area contributed by atoms with E-state index in [-0.39, 0.29) is 36.2 Å². The number of carbonyl (C=O) groups excluding carboxylic acids is 2. The number of carbonyl (C=O) groups is 2. The summed E-state index contributed by atoms with van der Waals surface area (Å²) in [7, 11) is 0. The van der Waals surface area contributed by atoms with Crippen LogP contribution in [-0.4, -0.2) is 48.6 Å². The van der Waals surface area contributed by atoms with Gasteiger partial charge in [-0.05, 0) is 70.6 Å². The predicted octanol–water partition coefficient (Wildman–Crippen LogP) is 3.92. The lowest BCUT2D eigenvalue weighted by Crippen LogP contribution is -2.32. The lowest BCUT2D eigenvalue weighted by Gasteiger charge is -2.30. The summed E-state index contributed by atoms with van der Waals surface area (Å²) in [5.41, 5.74) is 0. The quantitative estimate of drug-likeness (QED) is 0.420. The molecule has 0 spiro atoms. The maximum absolute atomic E-state index is 12.3. The number of rotatable bonds is 11. The Kier molecular flexibility index (Phi) is 10.9. The van der Waals surface area contributed by atoms with Gasteiger partial charge >= 0.3 is 11.9 Å². The van der Waals surface area contributed by atoms with E-state index in [2.05, 4.69) is 0 Å². The van der Waals surface area contributed by atoms with Crippen molar-refractivity contribution in [3.05, 3.63) is 0 Å². The number of hydrogen-bond acceptors (Lipinski definition) is 6. The summed E-state index contributed by atoms with van der Waals surface area (Å²) >= 11 is 0. The first-order valence-electron chi connectivity index (χ1n) is 11.2. The summed E-state index contributed by atoms with van der Waals surface area (Å²) in [5, 5.41) is 9.54. The van der Waals surface area contributed by atoms with E-state index in [1.54, 1.807) is 6.92 Å². The van der Waals surface area contributed by atoms with Crippen molar-refractivity contribution in [2.45, 2.75) is 109 Å². The molecular weight excluding hydrogens is 360 g/mol.